The molecule has 0 aliphatic carbocycles. The molecule has 23 heavy (non-hydrogen) atoms. The van der Waals surface area contributed by atoms with E-state index in [4.69, 9.17) is 10.5 Å². The van der Waals surface area contributed by atoms with Gasteiger partial charge in [0.15, 0.2) is 0 Å². The second kappa shape index (κ2) is 7.00. The number of rotatable bonds is 4. The summed E-state index contributed by atoms with van der Waals surface area (Å²) in [6.07, 6.45) is 0.0698. The molecule has 2 amide bonds. The zero-order chi connectivity index (χ0) is 17.0. The highest BCUT2D eigenvalue weighted by Gasteiger charge is 2.29. The molecule has 1 aromatic rings. The molecular weight excluding hydrogens is 294 g/mol. The number of amides is 2. The molecule has 3 N–H and O–H groups in total. The first-order chi connectivity index (χ1) is 10.8. The van der Waals surface area contributed by atoms with Crippen LogP contribution < -0.4 is 16.0 Å². The van der Waals surface area contributed by atoms with Gasteiger partial charge < -0.3 is 20.7 Å². The van der Waals surface area contributed by atoms with Crippen LogP contribution in [0.1, 0.15) is 32.8 Å². The van der Waals surface area contributed by atoms with Gasteiger partial charge in [0.25, 0.3) is 0 Å². The van der Waals surface area contributed by atoms with E-state index in [1.807, 2.05) is 45.0 Å². The molecule has 126 valence electrons. The molecule has 1 aliphatic heterocycles. The quantitative estimate of drug-likeness (QED) is 0.889. The van der Waals surface area contributed by atoms with Crippen molar-refractivity contribution in [2.75, 3.05) is 18.0 Å². The van der Waals surface area contributed by atoms with Gasteiger partial charge in [0.05, 0.1) is 0 Å². The van der Waals surface area contributed by atoms with Gasteiger partial charge in [0.2, 0.25) is 5.91 Å². The fraction of sp³-hybridized carbons (Fsp3) is 0.529. The minimum Gasteiger partial charge on any atom is -0.444 e. The standard InChI is InChI=1S/C17H25N3O3/c1-17(2,3)23-16(22)19-10-12-4-6-14(7-5-12)20-11-13(9-18)8-15(20)21/h4-7,13H,8-11,18H2,1-3H3,(H,19,22). The smallest absolute Gasteiger partial charge is 0.407 e. The van der Waals surface area contributed by atoms with Gasteiger partial charge in [-0.3, -0.25) is 4.79 Å². The number of nitrogens with zero attached hydrogens (tertiary/aromatic N) is 1. The van der Waals surface area contributed by atoms with Crippen LogP contribution in [0.25, 0.3) is 0 Å². The number of nitrogens with one attached hydrogen (secondary N) is 1. The SMILES string of the molecule is CC(C)(C)OC(=O)NCc1ccc(N2CC(CN)CC2=O)cc1. The van der Waals surface area contributed by atoms with Gasteiger partial charge in [-0.1, -0.05) is 12.1 Å². The summed E-state index contributed by atoms with van der Waals surface area (Å²) in [5.41, 5.74) is 6.94. The molecule has 1 aliphatic rings. The summed E-state index contributed by atoms with van der Waals surface area (Å²) in [5, 5.41) is 2.71. The third-order valence-corrected chi connectivity index (χ3v) is 3.62. The van der Waals surface area contributed by atoms with Crippen LogP contribution in [0.2, 0.25) is 0 Å². The Morgan fingerprint density at radius 2 is 2.00 bits per heavy atom. The Morgan fingerprint density at radius 1 is 1.35 bits per heavy atom. The average molecular weight is 319 g/mol. The van der Waals surface area contributed by atoms with Crippen molar-refractivity contribution in [1.82, 2.24) is 5.32 Å². The summed E-state index contributed by atoms with van der Waals surface area (Å²) in [6.45, 7) is 7.05. The largest absolute Gasteiger partial charge is 0.444 e. The van der Waals surface area contributed by atoms with Crippen LogP contribution in [-0.2, 0) is 16.1 Å². The van der Waals surface area contributed by atoms with Crippen LogP contribution >= 0.6 is 0 Å². The molecular formula is C17H25N3O3. The number of carbonyl (C=O) groups is 2. The number of alkyl carbamates (subject to hydrolysis) is 1. The molecule has 1 aromatic carbocycles. The van der Waals surface area contributed by atoms with Crippen LogP contribution in [-0.4, -0.2) is 30.7 Å². The minimum absolute atomic E-state index is 0.111. The van der Waals surface area contributed by atoms with E-state index >= 15 is 0 Å². The molecule has 1 atom stereocenters. The summed E-state index contributed by atoms with van der Waals surface area (Å²) in [5.74, 6) is 0.344. The van der Waals surface area contributed by atoms with Gasteiger partial charge in [-0.2, -0.15) is 0 Å². The third kappa shape index (κ3) is 4.96. The molecule has 0 aromatic heterocycles. The van der Waals surface area contributed by atoms with Gasteiger partial charge in [0.1, 0.15) is 5.60 Å². The molecule has 1 unspecified atom stereocenters. The fourth-order valence-electron chi connectivity index (χ4n) is 2.47. The van der Waals surface area contributed by atoms with Crippen LogP contribution in [0.4, 0.5) is 10.5 Å². The van der Waals surface area contributed by atoms with Crippen LogP contribution in [0.3, 0.4) is 0 Å². The lowest BCUT2D eigenvalue weighted by molar-refractivity contribution is -0.117. The number of benzene rings is 1. The van der Waals surface area contributed by atoms with Gasteiger partial charge in [-0.15, -0.1) is 0 Å². The summed E-state index contributed by atoms with van der Waals surface area (Å²) in [7, 11) is 0. The van der Waals surface area contributed by atoms with Crippen molar-refractivity contribution in [3.8, 4) is 0 Å². The average Bonchev–Trinajstić information content (AvgIpc) is 2.85. The third-order valence-electron chi connectivity index (χ3n) is 3.62. The molecule has 0 radical (unpaired) electrons. The number of carbonyl (C=O) groups excluding carboxylic acids is 2. The molecule has 0 saturated carbocycles. The minimum atomic E-state index is -0.510. The first kappa shape index (κ1) is 17.3. The first-order valence-electron chi connectivity index (χ1n) is 7.84. The van der Waals surface area contributed by atoms with E-state index < -0.39 is 11.7 Å². The molecule has 1 heterocycles. The summed E-state index contributed by atoms with van der Waals surface area (Å²) < 4.78 is 5.19. The van der Waals surface area contributed by atoms with Gasteiger partial charge >= 0.3 is 6.09 Å². The van der Waals surface area contributed by atoms with E-state index in [1.165, 1.54) is 0 Å². The van der Waals surface area contributed by atoms with Gasteiger partial charge in [-0.05, 0) is 50.9 Å². The molecule has 0 bridgehead atoms. The summed E-state index contributed by atoms with van der Waals surface area (Å²) in [6, 6.07) is 7.58. The maximum absolute atomic E-state index is 12.0. The highest BCUT2D eigenvalue weighted by atomic mass is 16.6. The predicted molar refractivity (Wildman–Crippen MR) is 89.0 cm³/mol. The molecule has 6 heteroatoms. The summed E-state index contributed by atoms with van der Waals surface area (Å²) >= 11 is 0. The Bertz CT molecular complexity index is 563. The predicted octanol–water partition coefficient (Wildman–Crippen LogP) is 2.02. The van der Waals surface area contributed by atoms with Gasteiger partial charge in [-0.25, -0.2) is 4.79 Å². The Morgan fingerprint density at radius 3 is 2.52 bits per heavy atom. The van der Waals surface area contributed by atoms with Crippen molar-refractivity contribution in [3.05, 3.63) is 29.8 Å². The van der Waals surface area contributed by atoms with Crippen molar-refractivity contribution >= 4 is 17.7 Å². The first-order valence-corrected chi connectivity index (χ1v) is 7.84. The maximum atomic E-state index is 12.0. The number of anilines is 1. The topological polar surface area (TPSA) is 84.7 Å². The van der Waals surface area contributed by atoms with E-state index in [9.17, 15) is 9.59 Å². The van der Waals surface area contributed by atoms with E-state index in [1.54, 1.807) is 4.90 Å². The zero-order valence-electron chi connectivity index (χ0n) is 14.0. The van der Waals surface area contributed by atoms with Crippen LogP contribution in [0.15, 0.2) is 24.3 Å². The monoisotopic (exact) mass is 319 g/mol. The molecule has 1 saturated heterocycles. The van der Waals surface area contributed by atoms with E-state index in [0.717, 1.165) is 11.3 Å². The molecule has 0 spiro atoms. The van der Waals surface area contributed by atoms with E-state index in [0.29, 0.717) is 26.1 Å². The Hall–Kier alpha value is -2.08. The number of hydrogen-bond donors (Lipinski definition) is 2. The van der Waals surface area contributed by atoms with E-state index in [-0.39, 0.29) is 11.8 Å². The summed E-state index contributed by atoms with van der Waals surface area (Å²) in [4.78, 5) is 25.4. The highest BCUT2D eigenvalue weighted by molar-refractivity contribution is 5.95. The van der Waals surface area contributed by atoms with E-state index in [2.05, 4.69) is 5.32 Å². The second-order valence-corrected chi connectivity index (χ2v) is 6.83. The Kier molecular flexibility index (Phi) is 5.26. The van der Waals surface area contributed by atoms with Crippen LogP contribution in [0.5, 0.6) is 0 Å². The lowest BCUT2D eigenvalue weighted by Gasteiger charge is -2.20. The Balaban J connectivity index is 1.90. The van der Waals surface area contributed by atoms with Crippen molar-refractivity contribution in [1.29, 1.82) is 0 Å². The van der Waals surface area contributed by atoms with Crippen molar-refractivity contribution in [3.63, 3.8) is 0 Å². The molecule has 1 fully saturated rings. The normalized spacial score (nSPS) is 18.2. The number of ether oxygens (including phenoxy) is 1. The highest BCUT2D eigenvalue weighted by Crippen LogP contribution is 2.24. The number of nitrogens with two attached hydrogens (primary N) is 1. The van der Waals surface area contributed by atoms with Crippen molar-refractivity contribution in [2.24, 2.45) is 11.7 Å². The lowest BCUT2D eigenvalue weighted by Crippen LogP contribution is -2.32. The molecule has 2 rings (SSSR count). The maximum Gasteiger partial charge on any atom is 0.407 e. The van der Waals surface area contributed by atoms with Crippen LogP contribution in [0, 0.1) is 5.92 Å². The fourth-order valence-corrected chi connectivity index (χ4v) is 2.47. The number of hydrogen-bond acceptors (Lipinski definition) is 4. The lowest BCUT2D eigenvalue weighted by atomic mass is 10.1. The zero-order valence-corrected chi connectivity index (χ0v) is 14.0. The van der Waals surface area contributed by atoms with Gasteiger partial charge in [0, 0.05) is 25.2 Å². The van der Waals surface area contributed by atoms with Crippen molar-refractivity contribution in [2.45, 2.75) is 39.3 Å². The Labute approximate surface area is 137 Å². The molecule has 6 nitrogen and oxygen atoms in total. The second-order valence-electron chi connectivity index (χ2n) is 6.83. The van der Waals surface area contributed by atoms with Crippen molar-refractivity contribution < 1.29 is 14.3 Å².